The first kappa shape index (κ1) is 23.6. The Hall–Kier alpha value is -3.04. The molecule has 0 saturated heterocycles. The third-order valence-electron chi connectivity index (χ3n) is 4.60. The van der Waals surface area contributed by atoms with Crippen molar-refractivity contribution in [1.82, 2.24) is 5.43 Å². The second-order valence-electron chi connectivity index (χ2n) is 7.04. The minimum absolute atomic E-state index is 0.124. The molecule has 0 aromatic heterocycles. The molecule has 166 valence electrons. The summed E-state index contributed by atoms with van der Waals surface area (Å²) in [5.41, 5.74) is 5.02. The van der Waals surface area contributed by atoms with Gasteiger partial charge in [0.2, 0.25) is 0 Å². The van der Waals surface area contributed by atoms with Crippen LogP contribution in [0.4, 0.5) is 10.1 Å². The number of nitrogens with zero attached hydrogens (tertiary/aromatic N) is 2. The zero-order valence-electron chi connectivity index (χ0n) is 17.4. The van der Waals surface area contributed by atoms with Gasteiger partial charge in [-0.3, -0.25) is 9.10 Å². The number of aryl methyl sites for hydroxylation is 1. The Morgan fingerprint density at radius 3 is 2.34 bits per heavy atom. The molecular formula is C23H21BrFN3O3S. The van der Waals surface area contributed by atoms with E-state index in [9.17, 15) is 17.6 Å². The van der Waals surface area contributed by atoms with Crippen LogP contribution < -0.4 is 9.73 Å². The van der Waals surface area contributed by atoms with E-state index in [1.54, 1.807) is 31.2 Å². The molecule has 0 heterocycles. The molecule has 0 saturated carbocycles. The molecule has 1 amide bonds. The van der Waals surface area contributed by atoms with E-state index in [0.717, 1.165) is 32.0 Å². The van der Waals surface area contributed by atoms with E-state index in [2.05, 4.69) is 26.5 Å². The number of hydrogen-bond acceptors (Lipinski definition) is 4. The molecule has 3 rings (SSSR count). The Labute approximate surface area is 195 Å². The van der Waals surface area contributed by atoms with Crippen LogP contribution in [0.2, 0.25) is 0 Å². The third kappa shape index (κ3) is 5.80. The van der Waals surface area contributed by atoms with Gasteiger partial charge in [0.1, 0.15) is 12.4 Å². The molecule has 3 aromatic carbocycles. The number of nitrogens with one attached hydrogen (secondary N) is 1. The highest BCUT2D eigenvalue weighted by molar-refractivity contribution is 9.10. The Balaban J connectivity index is 1.87. The molecule has 0 spiro atoms. The van der Waals surface area contributed by atoms with Gasteiger partial charge >= 0.3 is 0 Å². The van der Waals surface area contributed by atoms with Crippen molar-refractivity contribution in [2.75, 3.05) is 10.8 Å². The molecular weight excluding hydrogens is 497 g/mol. The summed E-state index contributed by atoms with van der Waals surface area (Å²) in [6.07, 6.45) is 0. The van der Waals surface area contributed by atoms with E-state index < -0.39 is 28.3 Å². The van der Waals surface area contributed by atoms with Crippen molar-refractivity contribution >= 4 is 43.3 Å². The van der Waals surface area contributed by atoms with Crippen LogP contribution >= 0.6 is 15.9 Å². The number of sulfonamides is 1. The van der Waals surface area contributed by atoms with Gasteiger partial charge in [-0.05, 0) is 67.9 Å². The Kier molecular flexibility index (Phi) is 7.42. The van der Waals surface area contributed by atoms with Crippen LogP contribution in [0.3, 0.4) is 0 Å². The summed E-state index contributed by atoms with van der Waals surface area (Å²) in [6, 6.07) is 18.6. The molecule has 1 N–H and O–H groups in total. The second-order valence-corrected chi connectivity index (χ2v) is 9.82. The SMILES string of the molecule is C/C(=N/NC(=O)CN(c1ccc(C)cc1)S(=O)(=O)c1ccc(F)cc1)c1cccc(Br)c1. The summed E-state index contributed by atoms with van der Waals surface area (Å²) in [6.45, 7) is 3.10. The standard InChI is InChI=1S/C23H21BrFN3O3S/c1-16-6-10-21(11-7-16)28(32(30,31)22-12-8-20(25)9-13-22)15-23(29)27-26-17(2)18-4-3-5-19(24)14-18/h3-14H,15H2,1-2H3,(H,27,29)/b26-17-. The fourth-order valence-corrected chi connectivity index (χ4v) is 4.67. The van der Waals surface area contributed by atoms with Crippen LogP contribution in [-0.2, 0) is 14.8 Å². The number of hydrazone groups is 1. The Morgan fingerprint density at radius 1 is 1.06 bits per heavy atom. The number of benzene rings is 3. The van der Waals surface area contributed by atoms with E-state index in [4.69, 9.17) is 0 Å². The molecule has 0 aliphatic carbocycles. The highest BCUT2D eigenvalue weighted by atomic mass is 79.9. The molecule has 0 atom stereocenters. The van der Waals surface area contributed by atoms with Crippen LogP contribution in [0.1, 0.15) is 18.1 Å². The highest BCUT2D eigenvalue weighted by Gasteiger charge is 2.27. The van der Waals surface area contributed by atoms with Gasteiger partial charge in [0, 0.05) is 4.47 Å². The average Bonchev–Trinajstić information content (AvgIpc) is 2.77. The van der Waals surface area contributed by atoms with E-state index in [0.29, 0.717) is 11.4 Å². The largest absolute Gasteiger partial charge is 0.271 e. The van der Waals surface area contributed by atoms with Crippen molar-refractivity contribution in [2.45, 2.75) is 18.7 Å². The average molecular weight is 518 g/mol. The minimum Gasteiger partial charge on any atom is -0.271 e. The Morgan fingerprint density at radius 2 is 1.72 bits per heavy atom. The fraction of sp³-hybridized carbons (Fsp3) is 0.130. The summed E-state index contributed by atoms with van der Waals surface area (Å²) in [4.78, 5) is 12.5. The number of halogens is 2. The highest BCUT2D eigenvalue weighted by Crippen LogP contribution is 2.24. The van der Waals surface area contributed by atoms with Crippen molar-refractivity contribution in [1.29, 1.82) is 0 Å². The number of hydrogen-bond donors (Lipinski definition) is 1. The van der Waals surface area contributed by atoms with Gasteiger partial charge in [-0.1, -0.05) is 45.8 Å². The summed E-state index contributed by atoms with van der Waals surface area (Å²) in [5, 5.41) is 4.09. The summed E-state index contributed by atoms with van der Waals surface area (Å²) < 4.78 is 41.6. The quantitative estimate of drug-likeness (QED) is 0.366. The number of carbonyl (C=O) groups excluding carboxylic acids is 1. The van der Waals surface area contributed by atoms with Crippen LogP contribution in [0.25, 0.3) is 0 Å². The van der Waals surface area contributed by atoms with E-state index in [-0.39, 0.29) is 4.90 Å². The summed E-state index contributed by atoms with van der Waals surface area (Å²) >= 11 is 3.38. The van der Waals surface area contributed by atoms with Gasteiger partial charge in [-0.15, -0.1) is 0 Å². The minimum atomic E-state index is -4.12. The van der Waals surface area contributed by atoms with Gasteiger partial charge in [0.25, 0.3) is 15.9 Å². The first-order valence-corrected chi connectivity index (χ1v) is 11.8. The van der Waals surface area contributed by atoms with Crippen LogP contribution in [0, 0.1) is 12.7 Å². The van der Waals surface area contributed by atoms with E-state index in [1.165, 1.54) is 12.1 Å². The lowest BCUT2D eigenvalue weighted by atomic mass is 10.1. The van der Waals surface area contributed by atoms with Crippen molar-refractivity contribution in [3.05, 3.63) is 94.2 Å². The molecule has 0 aliphatic rings. The monoisotopic (exact) mass is 517 g/mol. The summed E-state index contributed by atoms with van der Waals surface area (Å²) in [5.74, 6) is -1.17. The zero-order chi connectivity index (χ0) is 23.3. The zero-order valence-corrected chi connectivity index (χ0v) is 19.8. The van der Waals surface area contributed by atoms with Crippen LogP contribution in [0.15, 0.2) is 87.3 Å². The van der Waals surface area contributed by atoms with E-state index >= 15 is 0 Å². The van der Waals surface area contributed by atoms with Gasteiger partial charge in [-0.25, -0.2) is 18.2 Å². The topological polar surface area (TPSA) is 78.8 Å². The van der Waals surface area contributed by atoms with Crippen molar-refractivity contribution in [3.8, 4) is 0 Å². The first-order chi connectivity index (χ1) is 15.2. The molecule has 32 heavy (non-hydrogen) atoms. The third-order valence-corrected chi connectivity index (χ3v) is 6.88. The van der Waals surface area contributed by atoms with Gasteiger partial charge < -0.3 is 0 Å². The fourth-order valence-electron chi connectivity index (χ4n) is 2.85. The lowest BCUT2D eigenvalue weighted by molar-refractivity contribution is -0.119. The lowest BCUT2D eigenvalue weighted by Gasteiger charge is -2.24. The maximum absolute atomic E-state index is 13.3. The van der Waals surface area contributed by atoms with Gasteiger partial charge in [0.15, 0.2) is 0 Å². The number of rotatable bonds is 7. The molecule has 6 nitrogen and oxygen atoms in total. The predicted octanol–water partition coefficient (Wildman–Crippen LogP) is 4.63. The van der Waals surface area contributed by atoms with Crippen LogP contribution in [0.5, 0.6) is 0 Å². The lowest BCUT2D eigenvalue weighted by Crippen LogP contribution is -2.39. The summed E-state index contributed by atoms with van der Waals surface area (Å²) in [7, 11) is -4.12. The van der Waals surface area contributed by atoms with Crippen molar-refractivity contribution < 1.29 is 17.6 Å². The molecule has 0 unspecified atom stereocenters. The molecule has 0 bridgehead atoms. The molecule has 3 aromatic rings. The Bertz CT molecular complexity index is 1240. The van der Waals surface area contributed by atoms with Crippen LogP contribution in [-0.4, -0.2) is 26.6 Å². The van der Waals surface area contributed by atoms with E-state index in [1.807, 2.05) is 31.2 Å². The van der Waals surface area contributed by atoms with Crippen molar-refractivity contribution in [2.24, 2.45) is 5.10 Å². The van der Waals surface area contributed by atoms with Crippen molar-refractivity contribution in [3.63, 3.8) is 0 Å². The second kappa shape index (κ2) is 10.1. The predicted molar refractivity (Wildman–Crippen MR) is 127 cm³/mol. The number of carbonyl (C=O) groups is 1. The maximum atomic E-state index is 13.3. The maximum Gasteiger partial charge on any atom is 0.264 e. The molecule has 0 fully saturated rings. The molecule has 9 heteroatoms. The van der Waals surface area contributed by atoms with Gasteiger partial charge in [-0.2, -0.15) is 5.10 Å². The normalized spacial score (nSPS) is 11.8. The van der Waals surface area contributed by atoms with Gasteiger partial charge in [0.05, 0.1) is 16.3 Å². The molecule has 0 radical (unpaired) electrons. The number of amides is 1. The smallest absolute Gasteiger partial charge is 0.264 e. The first-order valence-electron chi connectivity index (χ1n) is 9.61. The molecule has 0 aliphatic heterocycles. The number of anilines is 1.